The monoisotopic (exact) mass is 366 g/mol. The number of benzene rings is 1. The summed E-state index contributed by atoms with van der Waals surface area (Å²) in [7, 11) is 1.23. The summed E-state index contributed by atoms with van der Waals surface area (Å²) in [6.45, 7) is 0. The zero-order valence-corrected chi connectivity index (χ0v) is 13.2. The second-order valence-electron chi connectivity index (χ2n) is 4.41. The molecule has 0 saturated carbocycles. The van der Waals surface area contributed by atoms with Crippen LogP contribution in [0.5, 0.6) is 0 Å². The van der Waals surface area contributed by atoms with E-state index in [0.29, 0.717) is 17.9 Å². The third kappa shape index (κ3) is 6.07. The average Bonchev–Trinajstić information content (AvgIpc) is 2.50. The number of rotatable bonds is 7. The molecule has 0 fully saturated rings. The van der Waals surface area contributed by atoms with Crippen molar-refractivity contribution in [2.24, 2.45) is 0 Å². The highest BCUT2D eigenvalue weighted by atomic mass is 32.2. The Morgan fingerprint density at radius 2 is 2.04 bits per heavy atom. The molecule has 11 heteroatoms. The lowest BCUT2D eigenvalue weighted by Crippen LogP contribution is -2.16. The molecule has 0 atom stereocenters. The molecule has 1 aromatic rings. The first-order chi connectivity index (χ1) is 11.1. The summed E-state index contributed by atoms with van der Waals surface area (Å²) in [6, 6.07) is 1.84. The number of methoxy groups -OCH3 is 1. The highest BCUT2D eigenvalue weighted by molar-refractivity contribution is 7.99. The van der Waals surface area contributed by atoms with Gasteiger partial charge in [0.2, 0.25) is 5.91 Å². The van der Waals surface area contributed by atoms with Gasteiger partial charge >= 0.3 is 12.1 Å². The summed E-state index contributed by atoms with van der Waals surface area (Å²) in [5.41, 5.74) is -2.36. The van der Waals surface area contributed by atoms with E-state index in [4.69, 9.17) is 0 Å². The number of hydrogen-bond acceptors (Lipinski definition) is 6. The Kier molecular flexibility index (Phi) is 7.01. The van der Waals surface area contributed by atoms with Crippen molar-refractivity contribution in [3.63, 3.8) is 0 Å². The number of amides is 1. The number of anilines is 1. The fourth-order valence-electron chi connectivity index (χ4n) is 1.57. The fraction of sp³-hybridized carbons (Fsp3) is 0.385. The predicted molar refractivity (Wildman–Crippen MR) is 80.7 cm³/mol. The standard InChI is InChI=1S/C13H13F3N2O5S/c1-23-12(20)4-5-24-7-11(19)17-9-3-2-8(13(14,15)16)6-10(9)18(21)22/h2-3,6H,4-5,7H2,1H3,(H,17,19). The highest BCUT2D eigenvalue weighted by Gasteiger charge is 2.33. The van der Waals surface area contributed by atoms with Crippen LogP contribution in [-0.4, -0.2) is 35.4 Å². The Labute approximate surface area is 138 Å². The Morgan fingerprint density at radius 3 is 2.58 bits per heavy atom. The number of thioether (sulfide) groups is 1. The molecule has 1 N–H and O–H groups in total. The zero-order valence-electron chi connectivity index (χ0n) is 12.4. The van der Waals surface area contributed by atoms with Crippen molar-refractivity contribution in [3.05, 3.63) is 33.9 Å². The van der Waals surface area contributed by atoms with Gasteiger partial charge in [0.25, 0.3) is 5.69 Å². The number of nitrogens with one attached hydrogen (secondary N) is 1. The summed E-state index contributed by atoms with van der Waals surface area (Å²) in [5.74, 6) is -0.890. The Morgan fingerprint density at radius 1 is 1.38 bits per heavy atom. The molecular formula is C13H13F3N2O5S. The van der Waals surface area contributed by atoms with Gasteiger partial charge in [-0.2, -0.15) is 24.9 Å². The third-order valence-corrected chi connectivity index (χ3v) is 3.67. The third-order valence-electron chi connectivity index (χ3n) is 2.71. The van der Waals surface area contributed by atoms with Crippen LogP contribution in [0.15, 0.2) is 18.2 Å². The smallest absolute Gasteiger partial charge is 0.416 e. The zero-order chi connectivity index (χ0) is 18.3. The normalized spacial score (nSPS) is 11.0. The van der Waals surface area contributed by atoms with Gasteiger partial charge in [-0.05, 0) is 12.1 Å². The van der Waals surface area contributed by atoms with Gasteiger partial charge in [0.15, 0.2) is 0 Å². The first-order valence-corrected chi connectivity index (χ1v) is 7.60. The summed E-state index contributed by atoms with van der Waals surface area (Å²) < 4.78 is 42.1. The quantitative estimate of drug-likeness (QED) is 0.345. The number of alkyl halides is 3. The summed E-state index contributed by atoms with van der Waals surface area (Å²) in [5, 5.41) is 13.1. The number of carbonyl (C=O) groups excluding carboxylic acids is 2. The molecule has 0 unspecified atom stereocenters. The van der Waals surface area contributed by atoms with Crippen molar-refractivity contribution in [2.45, 2.75) is 12.6 Å². The lowest BCUT2D eigenvalue weighted by Gasteiger charge is -2.09. The average molecular weight is 366 g/mol. The number of nitro groups is 1. The maximum Gasteiger partial charge on any atom is 0.416 e. The van der Waals surface area contributed by atoms with Gasteiger partial charge in [-0.3, -0.25) is 19.7 Å². The number of nitro benzene ring substituents is 1. The molecule has 1 aromatic carbocycles. The highest BCUT2D eigenvalue weighted by Crippen LogP contribution is 2.34. The van der Waals surface area contributed by atoms with E-state index < -0.39 is 34.2 Å². The van der Waals surface area contributed by atoms with Crippen molar-refractivity contribution >= 4 is 35.0 Å². The van der Waals surface area contributed by atoms with Crippen molar-refractivity contribution in [3.8, 4) is 0 Å². The van der Waals surface area contributed by atoms with Crippen LogP contribution in [0.1, 0.15) is 12.0 Å². The van der Waals surface area contributed by atoms with Crippen LogP contribution in [0, 0.1) is 10.1 Å². The minimum atomic E-state index is -4.73. The Balaban J connectivity index is 2.71. The van der Waals surface area contributed by atoms with Gasteiger partial charge in [-0.15, -0.1) is 0 Å². The molecule has 1 amide bonds. The van der Waals surface area contributed by atoms with E-state index in [1.807, 2.05) is 0 Å². The SMILES string of the molecule is COC(=O)CCSCC(=O)Nc1ccc(C(F)(F)F)cc1[N+](=O)[O-]. The fourth-order valence-corrected chi connectivity index (χ4v) is 2.29. The molecule has 0 saturated heterocycles. The topological polar surface area (TPSA) is 98.5 Å². The first-order valence-electron chi connectivity index (χ1n) is 6.45. The predicted octanol–water partition coefficient (Wildman–Crippen LogP) is 2.85. The molecule has 132 valence electrons. The van der Waals surface area contributed by atoms with Gasteiger partial charge < -0.3 is 10.1 Å². The molecule has 0 aliphatic rings. The Hall–Kier alpha value is -2.30. The molecule has 0 bridgehead atoms. The molecule has 0 spiro atoms. The van der Waals surface area contributed by atoms with Gasteiger partial charge in [0.1, 0.15) is 5.69 Å². The van der Waals surface area contributed by atoms with Crippen LogP contribution in [0.3, 0.4) is 0 Å². The lowest BCUT2D eigenvalue weighted by molar-refractivity contribution is -0.384. The van der Waals surface area contributed by atoms with Gasteiger partial charge in [0.05, 0.1) is 29.8 Å². The van der Waals surface area contributed by atoms with Gasteiger partial charge in [-0.1, -0.05) is 0 Å². The van der Waals surface area contributed by atoms with Crippen molar-refractivity contribution in [1.82, 2.24) is 0 Å². The van der Waals surface area contributed by atoms with E-state index in [-0.39, 0.29) is 17.9 Å². The van der Waals surface area contributed by atoms with Crippen LogP contribution in [0.2, 0.25) is 0 Å². The summed E-state index contributed by atoms with van der Waals surface area (Å²) in [6.07, 6.45) is -4.63. The summed E-state index contributed by atoms with van der Waals surface area (Å²) in [4.78, 5) is 32.4. The number of halogens is 3. The maximum atomic E-state index is 12.6. The molecular weight excluding hydrogens is 353 g/mol. The van der Waals surface area contributed by atoms with E-state index in [1.165, 1.54) is 7.11 Å². The lowest BCUT2D eigenvalue weighted by atomic mass is 10.1. The molecule has 0 aromatic heterocycles. The van der Waals surface area contributed by atoms with Crippen LogP contribution in [0.4, 0.5) is 24.5 Å². The molecule has 1 rings (SSSR count). The van der Waals surface area contributed by atoms with Crippen LogP contribution < -0.4 is 5.32 Å². The molecule has 0 heterocycles. The van der Waals surface area contributed by atoms with Gasteiger partial charge in [0, 0.05) is 11.8 Å². The second kappa shape index (κ2) is 8.52. The number of esters is 1. The molecule has 0 aliphatic heterocycles. The van der Waals surface area contributed by atoms with Crippen molar-refractivity contribution in [2.75, 3.05) is 23.9 Å². The molecule has 7 nitrogen and oxygen atoms in total. The van der Waals surface area contributed by atoms with Crippen molar-refractivity contribution < 1.29 is 32.4 Å². The molecule has 0 radical (unpaired) electrons. The first kappa shape index (κ1) is 19.7. The van der Waals surface area contributed by atoms with Crippen LogP contribution >= 0.6 is 11.8 Å². The van der Waals surface area contributed by atoms with E-state index >= 15 is 0 Å². The van der Waals surface area contributed by atoms with E-state index in [9.17, 15) is 32.9 Å². The van der Waals surface area contributed by atoms with Crippen LogP contribution in [-0.2, 0) is 20.5 Å². The van der Waals surface area contributed by atoms with E-state index in [2.05, 4.69) is 10.1 Å². The number of nitrogens with zero attached hydrogens (tertiary/aromatic N) is 1. The van der Waals surface area contributed by atoms with Gasteiger partial charge in [-0.25, -0.2) is 0 Å². The van der Waals surface area contributed by atoms with E-state index in [1.54, 1.807) is 0 Å². The summed E-state index contributed by atoms with van der Waals surface area (Å²) >= 11 is 1.08. The maximum absolute atomic E-state index is 12.6. The van der Waals surface area contributed by atoms with Crippen molar-refractivity contribution in [1.29, 1.82) is 0 Å². The molecule has 24 heavy (non-hydrogen) atoms. The number of carbonyl (C=O) groups is 2. The Bertz CT molecular complexity index is 637. The minimum Gasteiger partial charge on any atom is -0.469 e. The number of ether oxygens (including phenoxy) is 1. The molecule has 0 aliphatic carbocycles. The second-order valence-corrected chi connectivity index (χ2v) is 5.52. The number of hydrogen-bond donors (Lipinski definition) is 1. The largest absolute Gasteiger partial charge is 0.469 e. The minimum absolute atomic E-state index is 0.0921. The van der Waals surface area contributed by atoms with Crippen LogP contribution in [0.25, 0.3) is 0 Å². The van der Waals surface area contributed by atoms with E-state index in [0.717, 1.165) is 17.8 Å².